The van der Waals surface area contributed by atoms with Gasteiger partial charge in [-0.15, -0.1) is 0 Å². The molecule has 0 spiro atoms. The molecule has 0 unspecified atom stereocenters. The molecule has 0 nitrogen and oxygen atoms in total. The lowest BCUT2D eigenvalue weighted by molar-refractivity contribution is -0.126. The SMILES string of the molecule is C=C(/C=C\C=C/C)CC(F)(F)F. The van der Waals surface area contributed by atoms with E-state index in [9.17, 15) is 13.2 Å². The first-order chi connectivity index (χ1) is 5.45. The predicted molar refractivity (Wildman–Crippen MR) is 43.8 cm³/mol. The highest BCUT2D eigenvalue weighted by molar-refractivity contribution is 5.19. The molecule has 0 aromatic carbocycles. The summed E-state index contributed by atoms with van der Waals surface area (Å²) in [5.41, 5.74) is 0.0700. The van der Waals surface area contributed by atoms with Gasteiger partial charge in [-0.1, -0.05) is 30.9 Å². The molecular weight excluding hydrogens is 165 g/mol. The quantitative estimate of drug-likeness (QED) is 0.576. The summed E-state index contributed by atoms with van der Waals surface area (Å²) in [4.78, 5) is 0. The fourth-order valence-corrected chi connectivity index (χ4v) is 0.619. The molecule has 0 N–H and O–H groups in total. The normalized spacial score (nSPS) is 13.0. The molecule has 0 rings (SSSR count). The first-order valence-corrected chi connectivity index (χ1v) is 3.49. The Morgan fingerprint density at radius 3 is 2.33 bits per heavy atom. The summed E-state index contributed by atoms with van der Waals surface area (Å²) in [7, 11) is 0. The van der Waals surface area contributed by atoms with Gasteiger partial charge in [0.05, 0.1) is 6.42 Å². The molecule has 0 amide bonds. The van der Waals surface area contributed by atoms with Crippen molar-refractivity contribution < 1.29 is 13.2 Å². The summed E-state index contributed by atoms with van der Waals surface area (Å²) in [6.07, 6.45) is 1.18. The van der Waals surface area contributed by atoms with Crippen LogP contribution in [0.25, 0.3) is 0 Å². The van der Waals surface area contributed by atoms with E-state index in [1.54, 1.807) is 19.1 Å². The van der Waals surface area contributed by atoms with Crippen molar-refractivity contribution in [3.63, 3.8) is 0 Å². The fraction of sp³-hybridized carbons (Fsp3) is 0.333. The minimum absolute atomic E-state index is 0.0700. The highest BCUT2D eigenvalue weighted by atomic mass is 19.4. The van der Waals surface area contributed by atoms with Crippen molar-refractivity contribution in [1.29, 1.82) is 0 Å². The molecule has 0 atom stereocenters. The molecule has 0 saturated heterocycles. The zero-order valence-corrected chi connectivity index (χ0v) is 6.86. The Kier molecular flexibility index (Phi) is 4.40. The van der Waals surface area contributed by atoms with Gasteiger partial charge in [0.15, 0.2) is 0 Å². The summed E-state index contributed by atoms with van der Waals surface area (Å²) in [5, 5.41) is 0. The molecule has 0 aliphatic carbocycles. The van der Waals surface area contributed by atoms with Crippen molar-refractivity contribution in [2.75, 3.05) is 0 Å². The zero-order valence-electron chi connectivity index (χ0n) is 6.86. The first-order valence-electron chi connectivity index (χ1n) is 3.49. The van der Waals surface area contributed by atoms with Crippen molar-refractivity contribution in [1.82, 2.24) is 0 Å². The summed E-state index contributed by atoms with van der Waals surface area (Å²) in [5.74, 6) is 0. The number of hydrogen-bond donors (Lipinski definition) is 0. The third-order valence-electron chi connectivity index (χ3n) is 1.06. The Morgan fingerprint density at radius 2 is 1.92 bits per heavy atom. The van der Waals surface area contributed by atoms with Crippen LogP contribution in [-0.4, -0.2) is 6.18 Å². The molecule has 0 fully saturated rings. The van der Waals surface area contributed by atoms with Crippen molar-refractivity contribution in [2.45, 2.75) is 19.5 Å². The third-order valence-corrected chi connectivity index (χ3v) is 1.06. The van der Waals surface area contributed by atoms with Crippen LogP contribution in [0.5, 0.6) is 0 Å². The second-order valence-electron chi connectivity index (χ2n) is 2.34. The van der Waals surface area contributed by atoms with Crippen molar-refractivity contribution in [2.24, 2.45) is 0 Å². The summed E-state index contributed by atoms with van der Waals surface area (Å²) in [6.45, 7) is 5.06. The van der Waals surface area contributed by atoms with Gasteiger partial charge in [-0.05, 0) is 12.5 Å². The minimum Gasteiger partial charge on any atom is -0.171 e. The third kappa shape index (κ3) is 7.12. The Labute approximate surface area is 70.1 Å². The van der Waals surface area contributed by atoms with Gasteiger partial charge in [0.1, 0.15) is 0 Å². The molecule has 0 heterocycles. The van der Waals surface area contributed by atoms with Crippen LogP contribution in [0.3, 0.4) is 0 Å². The highest BCUT2D eigenvalue weighted by Gasteiger charge is 2.27. The molecule has 0 aliphatic heterocycles. The van der Waals surface area contributed by atoms with Gasteiger partial charge in [0.2, 0.25) is 0 Å². The Morgan fingerprint density at radius 1 is 1.33 bits per heavy atom. The average Bonchev–Trinajstić information content (AvgIpc) is 1.84. The van der Waals surface area contributed by atoms with Crippen LogP contribution in [0.1, 0.15) is 13.3 Å². The second kappa shape index (κ2) is 4.80. The number of alkyl halides is 3. The molecule has 0 radical (unpaired) electrons. The van der Waals surface area contributed by atoms with Gasteiger partial charge in [-0.3, -0.25) is 0 Å². The fourth-order valence-electron chi connectivity index (χ4n) is 0.619. The summed E-state index contributed by atoms with van der Waals surface area (Å²) >= 11 is 0. The topological polar surface area (TPSA) is 0 Å². The van der Waals surface area contributed by atoms with Crippen LogP contribution in [0.15, 0.2) is 36.5 Å². The number of rotatable bonds is 3. The number of allylic oxidation sites excluding steroid dienone is 5. The van der Waals surface area contributed by atoms with Crippen LogP contribution in [0.4, 0.5) is 13.2 Å². The van der Waals surface area contributed by atoms with Crippen LogP contribution < -0.4 is 0 Å². The van der Waals surface area contributed by atoms with Gasteiger partial charge in [0, 0.05) is 0 Å². The predicted octanol–water partition coefficient (Wildman–Crippen LogP) is 3.63. The monoisotopic (exact) mass is 176 g/mol. The van der Waals surface area contributed by atoms with E-state index in [0.717, 1.165) is 0 Å². The lowest BCUT2D eigenvalue weighted by atomic mass is 10.2. The van der Waals surface area contributed by atoms with E-state index >= 15 is 0 Å². The lowest BCUT2D eigenvalue weighted by Crippen LogP contribution is -2.06. The molecular formula is C9H11F3. The van der Waals surface area contributed by atoms with Gasteiger partial charge in [-0.25, -0.2) is 0 Å². The minimum atomic E-state index is -4.16. The maximum atomic E-state index is 11.7. The molecule has 12 heavy (non-hydrogen) atoms. The Bertz CT molecular complexity index is 196. The van der Waals surface area contributed by atoms with Crippen molar-refractivity contribution >= 4 is 0 Å². The van der Waals surface area contributed by atoms with Crippen molar-refractivity contribution in [3.05, 3.63) is 36.5 Å². The van der Waals surface area contributed by atoms with Gasteiger partial charge < -0.3 is 0 Å². The summed E-state index contributed by atoms with van der Waals surface area (Å²) in [6, 6.07) is 0. The first kappa shape index (κ1) is 11.0. The van der Waals surface area contributed by atoms with E-state index in [0.29, 0.717) is 0 Å². The van der Waals surface area contributed by atoms with Gasteiger partial charge in [-0.2, -0.15) is 13.2 Å². The molecule has 0 saturated carbocycles. The van der Waals surface area contributed by atoms with E-state index in [1.807, 2.05) is 0 Å². The van der Waals surface area contributed by atoms with Crippen molar-refractivity contribution in [3.8, 4) is 0 Å². The van der Waals surface area contributed by atoms with Gasteiger partial charge >= 0.3 is 6.18 Å². The van der Waals surface area contributed by atoms with E-state index in [4.69, 9.17) is 0 Å². The molecule has 0 aromatic heterocycles. The number of hydrogen-bond acceptors (Lipinski definition) is 0. The van der Waals surface area contributed by atoms with Gasteiger partial charge in [0.25, 0.3) is 0 Å². The van der Waals surface area contributed by atoms with Crippen LogP contribution in [0.2, 0.25) is 0 Å². The average molecular weight is 176 g/mol. The van der Waals surface area contributed by atoms with E-state index in [-0.39, 0.29) is 5.57 Å². The maximum absolute atomic E-state index is 11.7. The van der Waals surface area contributed by atoms with Crippen LogP contribution in [-0.2, 0) is 0 Å². The molecule has 0 aliphatic rings. The summed E-state index contributed by atoms with van der Waals surface area (Å²) < 4.78 is 35.1. The largest absolute Gasteiger partial charge is 0.393 e. The number of halogens is 3. The smallest absolute Gasteiger partial charge is 0.171 e. The van der Waals surface area contributed by atoms with E-state index in [1.165, 1.54) is 12.2 Å². The lowest BCUT2D eigenvalue weighted by Gasteiger charge is -2.04. The maximum Gasteiger partial charge on any atom is 0.393 e. The van der Waals surface area contributed by atoms with Crippen LogP contribution in [0, 0.1) is 0 Å². The molecule has 3 heteroatoms. The van der Waals surface area contributed by atoms with Crippen LogP contribution >= 0.6 is 0 Å². The zero-order chi connectivity index (χ0) is 9.61. The standard InChI is InChI=1S/C9H11F3/c1-3-4-5-6-8(2)7-9(10,11)12/h3-6H,2,7H2,1H3/b4-3-,6-5-. The van der Waals surface area contributed by atoms with E-state index in [2.05, 4.69) is 6.58 Å². The molecule has 68 valence electrons. The molecule has 0 aromatic rings. The van der Waals surface area contributed by atoms with E-state index < -0.39 is 12.6 Å². The Hall–Kier alpha value is -0.990. The Balaban J connectivity index is 3.91. The highest BCUT2D eigenvalue weighted by Crippen LogP contribution is 2.23. The molecule has 0 bridgehead atoms. The second-order valence-corrected chi connectivity index (χ2v) is 2.34.